The van der Waals surface area contributed by atoms with Crippen LogP contribution in [0, 0.1) is 31.6 Å². The summed E-state index contributed by atoms with van der Waals surface area (Å²) in [5, 5.41) is 10.7. The first-order chi connectivity index (χ1) is 20.6. The zero-order valence-corrected chi connectivity index (χ0v) is 25.6. The molecule has 3 amide bonds. The number of likely N-dealkylation sites (tertiary alicyclic amines) is 1. The number of para-hydroxylation sites is 2. The third-order valence-electron chi connectivity index (χ3n) is 10.1. The van der Waals surface area contributed by atoms with E-state index in [0.717, 1.165) is 22.5 Å². The van der Waals surface area contributed by atoms with Crippen molar-refractivity contribution >= 4 is 29.1 Å². The third kappa shape index (κ3) is 4.29. The lowest BCUT2D eigenvalue weighted by molar-refractivity contribution is -0.149. The molecule has 1 N–H and O–H groups in total. The molecule has 226 valence electrons. The van der Waals surface area contributed by atoms with Gasteiger partial charge in [0.1, 0.15) is 11.6 Å². The molecule has 6 rings (SSSR count). The van der Waals surface area contributed by atoms with E-state index in [4.69, 9.17) is 4.74 Å². The molecule has 43 heavy (non-hydrogen) atoms. The molecule has 8 nitrogen and oxygen atoms in total. The Morgan fingerprint density at radius 1 is 0.884 bits per heavy atom. The van der Waals surface area contributed by atoms with Gasteiger partial charge in [-0.25, -0.2) is 0 Å². The fraction of sp³-hybridized carbons (Fsp3) is 0.457. The number of nitrogens with zero attached hydrogens (tertiary/aromatic N) is 3. The average Bonchev–Trinajstić information content (AvgIpc) is 3.26. The Hall–Kier alpha value is -3.75. The predicted molar refractivity (Wildman–Crippen MR) is 166 cm³/mol. The number of hydrogen-bond donors (Lipinski definition) is 1. The molecule has 7 atom stereocenters. The average molecular weight is 584 g/mol. The second kappa shape index (κ2) is 10.8. The highest BCUT2D eigenvalue weighted by Crippen LogP contribution is 2.58. The van der Waals surface area contributed by atoms with Gasteiger partial charge in [-0.1, -0.05) is 81.0 Å². The minimum absolute atomic E-state index is 0.0876. The standard InChI is InChI=1S/C35H41N3O5/c1-6-22(2)26(21-39)38-30-33(42)37(29-23(3)13-10-14-24(29)4)20-12-18-35(30)28(32(38)41)27-31(40)36(25-15-8-7-9-16-25)19-11-17-34(27,5)43-35/h7-18,22,26-28,30,39H,6,19-21H2,1-5H3/t22-,26-,27+,28-,30?,34-,35-/m0/s1. The predicted octanol–water partition coefficient (Wildman–Crippen LogP) is 4.19. The molecule has 1 unspecified atom stereocenters. The lowest BCUT2D eigenvalue weighted by Gasteiger charge is -2.41. The first-order valence-corrected chi connectivity index (χ1v) is 15.3. The summed E-state index contributed by atoms with van der Waals surface area (Å²) in [6.45, 7) is 10.1. The van der Waals surface area contributed by atoms with Crippen molar-refractivity contribution in [1.29, 1.82) is 0 Å². The first-order valence-electron chi connectivity index (χ1n) is 15.3. The number of amides is 3. The van der Waals surface area contributed by atoms with Crippen molar-refractivity contribution in [1.82, 2.24) is 4.90 Å². The number of rotatable bonds is 6. The van der Waals surface area contributed by atoms with Crippen LogP contribution in [0.25, 0.3) is 0 Å². The Labute approximate surface area is 253 Å². The second-order valence-electron chi connectivity index (χ2n) is 12.7. The van der Waals surface area contributed by atoms with Crippen LogP contribution in [0.1, 0.15) is 38.3 Å². The fourth-order valence-electron chi connectivity index (χ4n) is 7.90. The molecule has 2 aromatic carbocycles. The lowest BCUT2D eigenvalue weighted by atomic mass is 9.74. The Bertz CT molecular complexity index is 1480. The van der Waals surface area contributed by atoms with E-state index in [2.05, 4.69) is 0 Å². The summed E-state index contributed by atoms with van der Waals surface area (Å²) >= 11 is 0. The van der Waals surface area contributed by atoms with Crippen molar-refractivity contribution in [3.05, 3.63) is 84.0 Å². The number of aryl methyl sites for hydroxylation is 2. The van der Waals surface area contributed by atoms with Crippen LogP contribution in [-0.2, 0) is 19.1 Å². The maximum Gasteiger partial charge on any atom is 0.253 e. The monoisotopic (exact) mass is 583 g/mol. The lowest BCUT2D eigenvalue weighted by Crippen LogP contribution is -2.60. The molecule has 2 aromatic rings. The molecule has 8 heteroatoms. The van der Waals surface area contributed by atoms with Crippen LogP contribution >= 0.6 is 0 Å². The van der Waals surface area contributed by atoms with E-state index < -0.39 is 35.1 Å². The number of fused-ring (bicyclic) bond motifs is 2. The maximum atomic E-state index is 14.9. The molecular weight excluding hydrogens is 542 g/mol. The van der Waals surface area contributed by atoms with Gasteiger partial charge in [0, 0.05) is 24.5 Å². The molecule has 0 aromatic heterocycles. The molecule has 2 fully saturated rings. The van der Waals surface area contributed by atoms with E-state index in [1.807, 2.05) is 107 Å². The highest BCUT2D eigenvalue weighted by atomic mass is 16.5. The number of anilines is 2. The number of hydrogen-bond acceptors (Lipinski definition) is 5. The van der Waals surface area contributed by atoms with Gasteiger partial charge in [0.05, 0.1) is 30.1 Å². The van der Waals surface area contributed by atoms with Crippen molar-refractivity contribution in [2.45, 2.75) is 64.3 Å². The van der Waals surface area contributed by atoms with E-state index in [1.54, 1.807) is 14.7 Å². The van der Waals surface area contributed by atoms with Crippen LogP contribution in [0.15, 0.2) is 72.8 Å². The van der Waals surface area contributed by atoms with Gasteiger partial charge in [0.2, 0.25) is 11.8 Å². The van der Waals surface area contributed by atoms with Crippen molar-refractivity contribution in [3.63, 3.8) is 0 Å². The van der Waals surface area contributed by atoms with Gasteiger partial charge in [-0.2, -0.15) is 0 Å². The molecule has 0 radical (unpaired) electrons. The molecule has 0 aliphatic carbocycles. The maximum absolute atomic E-state index is 14.9. The van der Waals surface area contributed by atoms with E-state index in [1.165, 1.54) is 0 Å². The zero-order valence-electron chi connectivity index (χ0n) is 25.6. The fourth-order valence-corrected chi connectivity index (χ4v) is 7.90. The van der Waals surface area contributed by atoms with Crippen molar-refractivity contribution in [2.24, 2.45) is 17.8 Å². The summed E-state index contributed by atoms with van der Waals surface area (Å²) in [6, 6.07) is 13.7. The van der Waals surface area contributed by atoms with Gasteiger partial charge < -0.3 is 24.5 Å². The Morgan fingerprint density at radius 3 is 2.19 bits per heavy atom. The Morgan fingerprint density at radius 2 is 1.53 bits per heavy atom. The summed E-state index contributed by atoms with van der Waals surface area (Å²) in [7, 11) is 0. The summed E-state index contributed by atoms with van der Waals surface area (Å²) in [4.78, 5) is 49.3. The highest BCUT2D eigenvalue weighted by Gasteiger charge is 2.75. The Kier molecular flexibility index (Phi) is 7.33. The topological polar surface area (TPSA) is 90.4 Å². The SMILES string of the molecule is CC[C@H](C)[C@H](CO)N1C(=O)[C@@H]2[C@@H]3C(=O)N(c4ccccc4)CC=C[C@]3(C)O[C@@]23C=CCN(c2c(C)cccc2C)C(=O)C13. The molecule has 2 saturated heterocycles. The highest BCUT2D eigenvalue weighted by molar-refractivity contribution is 6.08. The van der Waals surface area contributed by atoms with Gasteiger partial charge in [0.15, 0.2) is 0 Å². The smallest absolute Gasteiger partial charge is 0.253 e. The first kappa shape index (κ1) is 29.3. The molecule has 1 spiro atoms. The molecule has 4 aliphatic rings. The van der Waals surface area contributed by atoms with Gasteiger partial charge in [-0.3, -0.25) is 14.4 Å². The minimum atomic E-state index is -1.39. The summed E-state index contributed by atoms with van der Waals surface area (Å²) in [5.74, 6) is -2.70. The van der Waals surface area contributed by atoms with Crippen LogP contribution in [0.5, 0.6) is 0 Å². The normalized spacial score (nSPS) is 31.4. The summed E-state index contributed by atoms with van der Waals surface area (Å²) in [5.41, 5.74) is 0.939. The van der Waals surface area contributed by atoms with Gasteiger partial charge >= 0.3 is 0 Å². The van der Waals surface area contributed by atoms with Crippen molar-refractivity contribution in [2.75, 3.05) is 29.5 Å². The molecular formula is C35H41N3O5. The number of benzene rings is 2. The molecule has 4 heterocycles. The third-order valence-corrected chi connectivity index (χ3v) is 10.1. The second-order valence-corrected chi connectivity index (χ2v) is 12.7. The van der Waals surface area contributed by atoms with E-state index in [0.29, 0.717) is 19.5 Å². The number of carbonyl (C=O) groups is 3. The number of carbonyl (C=O) groups excluding carboxylic acids is 3. The van der Waals surface area contributed by atoms with E-state index >= 15 is 0 Å². The molecule has 0 bridgehead atoms. The van der Waals surface area contributed by atoms with E-state index in [-0.39, 0.29) is 30.2 Å². The summed E-state index contributed by atoms with van der Waals surface area (Å²) < 4.78 is 6.99. The van der Waals surface area contributed by atoms with Gasteiger partial charge in [-0.05, 0) is 49.9 Å². The molecule has 4 aliphatic heterocycles. The van der Waals surface area contributed by atoms with E-state index in [9.17, 15) is 19.5 Å². The molecule has 0 saturated carbocycles. The van der Waals surface area contributed by atoms with Crippen LogP contribution in [0.4, 0.5) is 11.4 Å². The van der Waals surface area contributed by atoms with Crippen LogP contribution in [-0.4, -0.2) is 70.7 Å². The number of aliphatic hydroxyl groups excluding tert-OH is 1. The van der Waals surface area contributed by atoms with Gasteiger partial charge in [-0.15, -0.1) is 0 Å². The quantitative estimate of drug-likeness (QED) is 0.516. The minimum Gasteiger partial charge on any atom is -0.394 e. The number of ether oxygens (including phenoxy) is 1. The Balaban J connectivity index is 1.53. The van der Waals surface area contributed by atoms with Crippen molar-refractivity contribution in [3.8, 4) is 0 Å². The zero-order chi connectivity index (χ0) is 30.7. The summed E-state index contributed by atoms with van der Waals surface area (Å²) in [6.07, 6.45) is 8.29. The largest absolute Gasteiger partial charge is 0.394 e. The van der Waals surface area contributed by atoms with Crippen LogP contribution < -0.4 is 9.80 Å². The number of aliphatic hydroxyl groups is 1. The van der Waals surface area contributed by atoms with Crippen LogP contribution in [0.3, 0.4) is 0 Å². The van der Waals surface area contributed by atoms with Gasteiger partial charge in [0.25, 0.3) is 5.91 Å². The van der Waals surface area contributed by atoms with Crippen molar-refractivity contribution < 1.29 is 24.2 Å². The van der Waals surface area contributed by atoms with Crippen LogP contribution in [0.2, 0.25) is 0 Å².